The molecule has 0 aliphatic heterocycles. The van der Waals surface area contributed by atoms with Crippen LogP contribution >= 0.6 is 27.5 Å². The molecule has 54 valence electrons. The van der Waals surface area contributed by atoms with Crippen molar-refractivity contribution in [1.82, 2.24) is 0 Å². The molecule has 0 aromatic rings. The number of hydrogen-bond donors (Lipinski definition) is 0. The van der Waals surface area contributed by atoms with Crippen LogP contribution in [0.25, 0.3) is 0 Å². The van der Waals surface area contributed by atoms with Gasteiger partial charge in [-0.2, -0.15) is 0 Å². The minimum Gasteiger partial charge on any atom is -0.123 e. The summed E-state index contributed by atoms with van der Waals surface area (Å²) < 4.78 is 0. The van der Waals surface area contributed by atoms with Crippen LogP contribution in [0.15, 0.2) is 0 Å². The van der Waals surface area contributed by atoms with Gasteiger partial charge in [-0.25, -0.2) is 0 Å². The highest BCUT2D eigenvalue weighted by Gasteiger charge is 2.13. The Balaban J connectivity index is 2.25. The van der Waals surface area contributed by atoms with Crippen molar-refractivity contribution in [2.45, 2.75) is 42.3 Å². The maximum Gasteiger partial charge on any atom is 0.0336 e. The van der Waals surface area contributed by atoms with Crippen LogP contribution < -0.4 is 0 Å². The molecule has 1 saturated carbocycles. The first kappa shape index (κ1) is 7.87. The second-order valence-electron chi connectivity index (χ2n) is 2.70. The molecular formula is C7H12BrCl. The zero-order valence-electron chi connectivity index (χ0n) is 5.45. The number of hydrogen-bond acceptors (Lipinski definition) is 0. The van der Waals surface area contributed by atoms with Gasteiger partial charge in [0.25, 0.3) is 0 Å². The van der Waals surface area contributed by atoms with Crippen molar-refractivity contribution in [2.75, 3.05) is 0 Å². The molecular weight excluding hydrogens is 199 g/mol. The molecule has 0 saturated heterocycles. The molecule has 1 fully saturated rings. The van der Waals surface area contributed by atoms with Gasteiger partial charge in [-0.15, -0.1) is 11.6 Å². The fourth-order valence-corrected chi connectivity index (χ4v) is 2.08. The summed E-state index contributed by atoms with van der Waals surface area (Å²) in [6, 6.07) is 0. The van der Waals surface area contributed by atoms with Crippen molar-refractivity contribution in [3.05, 3.63) is 0 Å². The average Bonchev–Trinajstić information content (AvgIpc) is 1.97. The van der Waals surface area contributed by atoms with Crippen LogP contribution in [0.3, 0.4) is 0 Å². The molecule has 0 spiro atoms. The Morgan fingerprint density at radius 2 is 1.89 bits per heavy atom. The quantitative estimate of drug-likeness (QED) is 0.426. The van der Waals surface area contributed by atoms with E-state index in [9.17, 15) is 0 Å². The molecule has 0 nitrogen and oxygen atoms in total. The highest BCUT2D eigenvalue weighted by molar-refractivity contribution is 9.09. The molecule has 0 radical (unpaired) electrons. The summed E-state index contributed by atoms with van der Waals surface area (Å²) in [5.41, 5.74) is 0. The lowest BCUT2D eigenvalue weighted by molar-refractivity contribution is 0.711. The van der Waals surface area contributed by atoms with Crippen LogP contribution in [0.5, 0.6) is 0 Å². The maximum atomic E-state index is 5.97. The highest BCUT2D eigenvalue weighted by Crippen LogP contribution is 2.25. The lowest BCUT2D eigenvalue weighted by atomic mass is 10.2. The molecule has 2 atom stereocenters. The van der Waals surface area contributed by atoms with Crippen LogP contribution in [0.4, 0.5) is 0 Å². The fraction of sp³-hybridized carbons (Fsp3) is 1.00. The second-order valence-corrected chi connectivity index (χ2v) is 4.61. The normalized spacial score (nSPS) is 38.0. The third-order valence-electron chi connectivity index (χ3n) is 1.83. The third kappa shape index (κ3) is 2.90. The summed E-state index contributed by atoms with van der Waals surface area (Å²) >= 11 is 9.57. The molecule has 1 aliphatic carbocycles. The molecule has 0 aromatic heterocycles. The Kier molecular flexibility index (Phi) is 3.34. The summed E-state index contributed by atoms with van der Waals surface area (Å²) in [5, 5.41) is 0.451. The topological polar surface area (TPSA) is 0 Å². The van der Waals surface area contributed by atoms with Crippen LogP contribution in [0, 0.1) is 0 Å². The zero-order chi connectivity index (χ0) is 6.69. The predicted molar refractivity (Wildman–Crippen MR) is 45.4 cm³/mol. The van der Waals surface area contributed by atoms with Gasteiger partial charge >= 0.3 is 0 Å². The Morgan fingerprint density at radius 1 is 1.11 bits per heavy atom. The van der Waals surface area contributed by atoms with Gasteiger partial charge in [0.2, 0.25) is 0 Å². The Morgan fingerprint density at radius 3 is 2.67 bits per heavy atom. The maximum absolute atomic E-state index is 5.97. The third-order valence-corrected chi connectivity index (χ3v) is 3.18. The molecule has 0 heterocycles. The van der Waals surface area contributed by atoms with E-state index in [4.69, 9.17) is 11.6 Å². The lowest BCUT2D eigenvalue weighted by Gasteiger charge is -2.02. The minimum atomic E-state index is 0.451. The minimum absolute atomic E-state index is 0.451. The van der Waals surface area contributed by atoms with E-state index in [1.807, 2.05) is 0 Å². The van der Waals surface area contributed by atoms with E-state index < -0.39 is 0 Å². The van der Waals surface area contributed by atoms with Gasteiger partial charge in [0, 0.05) is 10.2 Å². The van der Waals surface area contributed by atoms with E-state index in [2.05, 4.69) is 15.9 Å². The van der Waals surface area contributed by atoms with E-state index >= 15 is 0 Å². The molecule has 1 rings (SSSR count). The molecule has 2 unspecified atom stereocenters. The predicted octanol–water partition coefficient (Wildman–Crippen LogP) is 3.32. The highest BCUT2D eigenvalue weighted by atomic mass is 79.9. The standard InChI is InChI=1S/C7H12BrCl/c8-6-2-1-3-7(9)5-4-6/h6-7H,1-5H2. The van der Waals surface area contributed by atoms with Crippen molar-refractivity contribution >= 4 is 27.5 Å². The van der Waals surface area contributed by atoms with Gasteiger partial charge in [0.1, 0.15) is 0 Å². The van der Waals surface area contributed by atoms with E-state index in [0.29, 0.717) is 5.38 Å². The van der Waals surface area contributed by atoms with E-state index in [0.717, 1.165) is 4.83 Å². The summed E-state index contributed by atoms with van der Waals surface area (Å²) in [6.07, 6.45) is 6.27. The monoisotopic (exact) mass is 210 g/mol. The van der Waals surface area contributed by atoms with Gasteiger partial charge in [0.15, 0.2) is 0 Å². The second kappa shape index (κ2) is 3.82. The summed E-state index contributed by atoms with van der Waals surface area (Å²) in [6.45, 7) is 0. The van der Waals surface area contributed by atoms with Crippen LogP contribution in [0.2, 0.25) is 0 Å². The van der Waals surface area contributed by atoms with Crippen LogP contribution in [-0.4, -0.2) is 10.2 Å². The molecule has 0 N–H and O–H groups in total. The van der Waals surface area contributed by atoms with Gasteiger partial charge in [-0.05, 0) is 25.7 Å². The summed E-state index contributed by atoms with van der Waals surface area (Å²) in [4.78, 5) is 0.737. The number of alkyl halides is 2. The van der Waals surface area contributed by atoms with E-state index in [1.54, 1.807) is 0 Å². The molecule has 1 aliphatic rings. The molecule has 0 amide bonds. The molecule has 9 heavy (non-hydrogen) atoms. The lowest BCUT2D eigenvalue weighted by Crippen LogP contribution is -1.96. The van der Waals surface area contributed by atoms with E-state index in [-0.39, 0.29) is 0 Å². The summed E-state index contributed by atoms with van der Waals surface area (Å²) in [5.74, 6) is 0. The molecule has 2 heteroatoms. The van der Waals surface area contributed by atoms with Gasteiger partial charge in [0.05, 0.1) is 0 Å². The Hall–Kier alpha value is 0.770. The Bertz CT molecular complexity index is 75.0. The molecule has 0 aromatic carbocycles. The van der Waals surface area contributed by atoms with Crippen molar-refractivity contribution in [2.24, 2.45) is 0 Å². The van der Waals surface area contributed by atoms with Crippen LogP contribution in [0.1, 0.15) is 32.1 Å². The van der Waals surface area contributed by atoms with Crippen molar-refractivity contribution in [3.63, 3.8) is 0 Å². The summed E-state index contributed by atoms with van der Waals surface area (Å²) in [7, 11) is 0. The zero-order valence-corrected chi connectivity index (χ0v) is 7.79. The fourth-order valence-electron chi connectivity index (χ4n) is 1.21. The Labute approximate surface area is 70.1 Å². The number of halogens is 2. The first-order valence-corrected chi connectivity index (χ1v) is 4.92. The average molecular weight is 212 g/mol. The van der Waals surface area contributed by atoms with Crippen molar-refractivity contribution < 1.29 is 0 Å². The SMILES string of the molecule is ClC1CCCC(Br)CC1. The van der Waals surface area contributed by atoms with Gasteiger partial charge < -0.3 is 0 Å². The smallest absolute Gasteiger partial charge is 0.0336 e. The number of rotatable bonds is 0. The van der Waals surface area contributed by atoms with Gasteiger partial charge in [-0.3, -0.25) is 0 Å². The first-order valence-electron chi connectivity index (χ1n) is 3.57. The molecule has 0 bridgehead atoms. The largest absolute Gasteiger partial charge is 0.123 e. The van der Waals surface area contributed by atoms with Gasteiger partial charge in [-0.1, -0.05) is 22.4 Å². The van der Waals surface area contributed by atoms with Crippen molar-refractivity contribution in [3.8, 4) is 0 Å². The van der Waals surface area contributed by atoms with E-state index in [1.165, 1.54) is 32.1 Å². The van der Waals surface area contributed by atoms with Crippen molar-refractivity contribution in [1.29, 1.82) is 0 Å². The van der Waals surface area contributed by atoms with Crippen LogP contribution in [-0.2, 0) is 0 Å². The first-order chi connectivity index (χ1) is 4.29.